The molecule has 4 rings (SSSR count). The largest absolute Gasteiger partial charge is 0.496 e. The van der Waals surface area contributed by atoms with E-state index in [1.165, 1.54) is 11.1 Å². The monoisotopic (exact) mass is 413 g/mol. The number of aromatic nitrogens is 2. The number of hydrogen-bond donors (Lipinski definition) is 1. The topological polar surface area (TPSA) is 56.1 Å². The fraction of sp³-hybridized carbons (Fsp3) is 0.231. The van der Waals surface area contributed by atoms with E-state index in [-0.39, 0.29) is 5.91 Å². The standard InChI is InChI=1S/C26H27N3O2/c1-18(2)20-14-12-19(13-15-20)17-29-23-10-6-5-9-22(23)28-25(29)16-27-26(30)21-8-4-7-11-24(21)31-3/h4-15,18H,16-17H2,1-3H3,(H,27,30). The molecule has 0 atom stereocenters. The second-order valence-corrected chi connectivity index (χ2v) is 7.88. The zero-order valence-corrected chi connectivity index (χ0v) is 18.1. The molecule has 1 N–H and O–H groups in total. The predicted octanol–water partition coefficient (Wildman–Crippen LogP) is 5.15. The van der Waals surface area contributed by atoms with Gasteiger partial charge >= 0.3 is 0 Å². The van der Waals surface area contributed by atoms with Gasteiger partial charge < -0.3 is 14.6 Å². The molecule has 1 aromatic heterocycles. The molecule has 0 aliphatic rings. The first-order chi connectivity index (χ1) is 15.1. The van der Waals surface area contributed by atoms with Gasteiger partial charge in [-0.2, -0.15) is 0 Å². The molecule has 158 valence electrons. The lowest BCUT2D eigenvalue weighted by Crippen LogP contribution is -2.25. The average molecular weight is 414 g/mol. The molecule has 5 nitrogen and oxygen atoms in total. The Balaban J connectivity index is 1.60. The molecule has 0 bridgehead atoms. The van der Waals surface area contributed by atoms with E-state index < -0.39 is 0 Å². The first-order valence-corrected chi connectivity index (χ1v) is 10.5. The van der Waals surface area contributed by atoms with Gasteiger partial charge in [0.15, 0.2) is 0 Å². The zero-order chi connectivity index (χ0) is 21.8. The Morgan fingerprint density at radius 3 is 2.45 bits per heavy atom. The van der Waals surface area contributed by atoms with Gasteiger partial charge in [-0.05, 0) is 41.3 Å². The van der Waals surface area contributed by atoms with Crippen molar-refractivity contribution in [3.63, 3.8) is 0 Å². The summed E-state index contributed by atoms with van der Waals surface area (Å²) in [5.74, 6) is 1.69. The molecule has 0 spiro atoms. The van der Waals surface area contributed by atoms with E-state index in [0.717, 1.165) is 16.9 Å². The van der Waals surface area contributed by atoms with Gasteiger partial charge in [0.25, 0.3) is 5.91 Å². The highest BCUT2D eigenvalue weighted by Gasteiger charge is 2.15. The van der Waals surface area contributed by atoms with Gasteiger partial charge in [-0.15, -0.1) is 0 Å². The highest BCUT2D eigenvalue weighted by Crippen LogP contribution is 2.21. The van der Waals surface area contributed by atoms with Crippen molar-refractivity contribution in [3.05, 3.63) is 95.3 Å². The Morgan fingerprint density at radius 2 is 1.71 bits per heavy atom. The third-order valence-corrected chi connectivity index (χ3v) is 5.48. The van der Waals surface area contributed by atoms with E-state index >= 15 is 0 Å². The summed E-state index contributed by atoms with van der Waals surface area (Å²) < 4.78 is 7.48. The van der Waals surface area contributed by atoms with Crippen LogP contribution >= 0.6 is 0 Å². The van der Waals surface area contributed by atoms with Crippen LogP contribution in [-0.4, -0.2) is 22.6 Å². The average Bonchev–Trinajstić information content (AvgIpc) is 3.15. The summed E-state index contributed by atoms with van der Waals surface area (Å²) >= 11 is 0. The summed E-state index contributed by atoms with van der Waals surface area (Å²) in [4.78, 5) is 17.5. The van der Waals surface area contributed by atoms with Gasteiger partial charge in [-0.1, -0.05) is 62.4 Å². The third-order valence-electron chi connectivity index (χ3n) is 5.48. The lowest BCUT2D eigenvalue weighted by atomic mass is 10.0. The van der Waals surface area contributed by atoms with Crippen LogP contribution in [0.4, 0.5) is 0 Å². The van der Waals surface area contributed by atoms with E-state index in [1.54, 1.807) is 19.2 Å². The van der Waals surface area contributed by atoms with E-state index in [0.29, 0.717) is 30.3 Å². The molecule has 0 aliphatic carbocycles. The molecule has 31 heavy (non-hydrogen) atoms. The molecule has 1 amide bonds. The van der Waals surface area contributed by atoms with Crippen LogP contribution in [0.2, 0.25) is 0 Å². The number of ether oxygens (including phenoxy) is 1. The Bertz CT molecular complexity index is 1190. The lowest BCUT2D eigenvalue weighted by Gasteiger charge is -2.12. The molecule has 0 saturated carbocycles. The second kappa shape index (κ2) is 9.04. The second-order valence-electron chi connectivity index (χ2n) is 7.88. The van der Waals surface area contributed by atoms with Crippen molar-refractivity contribution in [2.45, 2.75) is 32.9 Å². The van der Waals surface area contributed by atoms with E-state index in [9.17, 15) is 4.79 Å². The van der Waals surface area contributed by atoms with Gasteiger partial charge in [0.2, 0.25) is 0 Å². The summed E-state index contributed by atoms with van der Waals surface area (Å²) in [5, 5.41) is 3.00. The highest BCUT2D eigenvalue weighted by molar-refractivity contribution is 5.96. The minimum absolute atomic E-state index is 0.183. The van der Waals surface area contributed by atoms with Crippen molar-refractivity contribution in [3.8, 4) is 5.75 Å². The van der Waals surface area contributed by atoms with Crippen LogP contribution in [0.3, 0.4) is 0 Å². The Hall–Kier alpha value is -3.60. The number of para-hydroxylation sites is 3. The fourth-order valence-electron chi connectivity index (χ4n) is 3.71. The molecule has 0 fully saturated rings. The summed E-state index contributed by atoms with van der Waals surface area (Å²) in [6, 6.07) is 24.0. The molecular formula is C26H27N3O2. The van der Waals surface area contributed by atoms with Crippen molar-refractivity contribution >= 4 is 16.9 Å². The number of nitrogens with zero attached hydrogens (tertiary/aromatic N) is 2. The van der Waals surface area contributed by atoms with Crippen LogP contribution in [0, 0.1) is 0 Å². The van der Waals surface area contributed by atoms with Crippen LogP contribution in [0.15, 0.2) is 72.8 Å². The minimum Gasteiger partial charge on any atom is -0.496 e. The molecule has 0 aliphatic heterocycles. The Kier molecular flexibility index (Phi) is 6.03. The molecule has 5 heteroatoms. The van der Waals surface area contributed by atoms with E-state index in [4.69, 9.17) is 9.72 Å². The Morgan fingerprint density at radius 1 is 1.00 bits per heavy atom. The summed E-state index contributed by atoms with van der Waals surface area (Å²) in [6.45, 7) is 5.41. The number of benzene rings is 3. The lowest BCUT2D eigenvalue weighted by molar-refractivity contribution is 0.0946. The minimum atomic E-state index is -0.183. The summed E-state index contributed by atoms with van der Waals surface area (Å²) in [6.07, 6.45) is 0. The molecule has 3 aromatic carbocycles. The number of imidazole rings is 1. The summed E-state index contributed by atoms with van der Waals surface area (Å²) in [5.41, 5.74) is 5.00. The van der Waals surface area contributed by atoms with E-state index in [2.05, 4.69) is 54.1 Å². The number of nitrogens with one attached hydrogen (secondary N) is 1. The number of fused-ring (bicyclic) bond motifs is 1. The SMILES string of the molecule is COc1ccccc1C(=O)NCc1nc2ccccc2n1Cc1ccc(C(C)C)cc1. The molecule has 0 radical (unpaired) electrons. The maximum Gasteiger partial charge on any atom is 0.255 e. The van der Waals surface area contributed by atoms with Gasteiger partial charge in [-0.3, -0.25) is 4.79 Å². The number of methoxy groups -OCH3 is 1. The molecule has 0 unspecified atom stereocenters. The maximum atomic E-state index is 12.8. The first-order valence-electron chi connectivity index (χ1n) is 10.5. The normalized spacial score (nSPS) is 11.1. The van der Waals surface area contributed by atoms with Crippen LogP contribution in [0.25, 0.3) is 11.0 Å². The molecule has 0 saturated heterocycles. The summed E-state index contributed by atoms with van der Waals surface area (Å²) in [7, 11) is 1.57. The molecular weight excluding hydrogens is 386 g/mol. The van der Waals surface area contributed by atoms with Gasteiger partial charge in [-0.25, -0.2) is 4.98 Å². The highest BCUT2D eigenvalue weighted by atomic mass is 16.5. The van der Waals surface area contributed by atoms with Crippen LogP contribution in [0.1, 0.15) is 47.1 Å². The van der Waals surface area contributed by atoms with Gasteiger partial charge in [0, 0.05) is 6.54 Å². The smallest absolute Gasteiger partial charge is 0.255 e. The number of amides is 1. The van der Waals surface area contributed by atoms with Crippen molar-refractivity contribution in [1.29, 1.82) is 0 Å². The van der Waals surface area contributed by atoms with Gasteiger partial charge in [0.1, 0.15) is 11.6 Å². The zero-order valence-electron chi connectivity index (χ0n) is 18.1. The fourth-order valence-corrected chi connectivity index (χ4v) is 3.71. The predicted molar refractivity (Wildman–Crippen MR) is 124 cm³/mol. The molecule has 1 heterocycles. The van der Waals surface area contributed by atoms with Crippen molar-refractivity contribution < 1.29 is 9.53 Å². The first kappa shape index (κ1) is 20.7. The number of hydrogen-bond acceptors (Lipinski definition) is 3. The third kappa shape index (κ3) is 4.45. The van der Waals surface area contributed by atoms with Gasteiger partial charge in [0.05, 0.1) is 30.3 Å². The number of rotatable bonds is 7. The number of carbonyl (C=O) groups is 1. The van der Waals surface area contributed by atoms with Crippen LogP contribution < -0.4 is 10.1 Å². The van der Waals surface area contributed by atoms with Crippen LogP contribution in [-0.2, 0) is 13.1 Å². The molecule has 4 aromatic rings. The maximum absolute atomic E-state index is 12.8. The van der Waals surface area contributed by atoms with Crippen molar-refractivity contribution in [2.24, 2.45) is 0 Å². The Labute approximate surface area is 182 Å². The van der Waals surface area contributed by atoms with Crippen LogP contribution in [0.5, 0.6) is 5.75 Å². The quantitative estimate of drug-likeness (QED) is 0.456. The van der Waals surface area contributed by atoms with E-state index in [1.807, 2.05) is 30.3 Å². The number of carbonyl (C=O) groups excluding carboxylic acids is 1. The van der Waals surface area contributed by atoms with Crippen molar-refractivity contribution in [1.82, 2.24) is 14.9 Å². The van der Waals surface area contributed by atoms with Crippen molar-refractivity contribution in [2.75, 3.05) is 7.11 Å².